The highest BCUT2D eigenvalue weighted by Crippen LogP contribution is 2.23. The number of hydrogen-bond donors (Lipinski definition) is 1. The van der Waals surface area contributed by atoms with Crippen LogP contribution >= 0.6 is 15.9 Å². The average molecular weight is 344 g/mol. The quantitative estimate of drug-likeness (QED) is 0.712. The Morgan fingerprint density at radius 2 is 2.05 bits per heavy atom. The van der Waals surface area contributed by atoms with Crippen LogP contribution in [0.1, 0.15) is 11.4 Å². The number of phenolic OH excluding ortho intramolecular Hbond substituents is 1. The van der Waals surface area contributed by atoms with E-state index in [1.165, 1.54) is 0 Å². The third-order valence-electron chi connectivity index (χ3n) is 3.43. The number of hydrogen-bond acceptors (Lipinski definition) is 3. The van der Waals surface area contributed by atoms with Crippen molar-refractivity contribution in [1.29, 1.82) is 0 Å². The second kappa shape index (κ2) is 5.33. The van der Waals surface area contributed by atoms with Gasteiger partial charge in [0.05, 0.1) is 16.7 Å². The van der Waals surface area contributed by atoms with Crippen LogP contribution in [0.5, 0.6) is 5.75 Å². The SMILES string of the molecule is Cc1nc2cc(N=Cc3cc(Br)ccc3O)ccc2n1C. The number of halogens is 1. The predicted molar refractivity (Wildman–Crippen MR) is 88.5 cm³/mol. The fraction of sp³-hybridized carbons (Fsp3) is 0.125. The fourth-order valence-electron chi connectivity index (χ4n) is 2.16. The van der Waals surface area contributed by atoms with Gasteiger partial charge in [-0.05, 0) is 43.3 Å². The van der Waals surface area contributed by atoms with E-state index in [1.807, 2.05) is 42.8 Å². The van der Waals surface area contributed by atoms with E-state index in [1.54, 1.807) is 18.3 Å². The van der Waals surface area contributed by atoms with Gasteiger partial charge in [-0.15, -0.1) is 0 Å². The number of phenols is 1. The van der Waals surface area contributed by atoms with Crippen LogP contribution in [0.15, 0.2) is 45.9 Å². The number of aromatic hydroxyl groups is 1. The van der Waals surface area contributed by atoms with Gasteiger partial charge in [-0.3, -0.25) is 4.99 Å². The second-order valence-corrected chi connectivity index (χ2v) is 5.77. The Bertz CT molecular complexity index is 852. The van der Waals surface area contributed by atoms with Gasteiger partial charge in [-0.1, -0.05) is 15.9 Å². The number of aliphatic imine (C=N–C) groups is 1. The lowest BCUT2D eigenvalue weighted by Gasteiger charge is -2.00. The molecule has 0 radical (unpaired) electrons. The van der Waals surface area contributed by atoms with Crippen LogP contribution in [-0.4, -0.2) is 20.9 Å². The summed E-state index contributed by atoms with van der Waals surface area (Å²) in [7, 11) is 1.99. The molecule has 106 valence electrons. The topological polar surface area (TPSA) is 50.4 Å². The Kier molecular flexibility index (Phi) is 3.51. The number of benzene rings is 2. The summed E-state index contributed by atoms with van der Waals surface area (Å²) in [6.45, 7) is 1.97. The van der Waals surface area contributed by atoms with Gasteiger partial charge < -0.3 is 9.67 Å². The number of fused-ring (bicyclic) bond motifs is 1. The molecule has 3 aromatic rings. The molecule has 0 atom stereocenters. The molecule has 0 aliphatic rings. The monoisotopic (exact) mass is 343 g/mol. The molecule has 5 heteroatoms. The van der Waals surface area contributed by atoms with Crippen molar-refractivity contribution < 1.29 is 5.11 Å². The summed E-state index contributed by atoms with van der Waals surface area (Å²) in [5.74, 6) is 1.17. The molecule has 0 unspecified atom stereocenters. The molecule has 2 aromatic carbocycles. The van der Waals surface area contributed by atoms with Crippen molar-refractivity contribution in [3.63, 3.8) is 0 Å². The molecule has 4 nitrogen and oxygen atoms in total. The van der Waals surface area contributed by atoms with Crippen LogP contribution in [0.2, 0.25) is 0 Å². The predicted octanol–water partition coefficient (Wildman–Crippen LogP) is 4.10. The molecular weight excluding hydrogens is 330 g/mol. The Hall–Kier alpha value is -2.14. The van der Waals surface area contributed by atoms with Gasteiger partial charge in [0.2, 0.25) is 0 Å². The van der Waals surface area contributed by atoms with Crippen LogP contribution in [0.3, 0.4) is 0 Å². The zero-order valence-electron chi connectivity index (χ0n) is 11.7. The van der Waals surface area contributed by atoms with Gasteiger partial charge in [-0.25, -0.2) is 4.98 Å². The Balaban J connectivity index is 1.97. The van der Waals surface area contributed by atoms with Gasteiger partial charge in [-0.2, -0.15) is 0 Å². The van der Waals surface area contributed by atoms with Crippen molar-refractivity contribution in [3.05, 3.63) is 52.3 Å². The van der Waals surface area contributed by atoms with Crippen LogP contribution < -0.4 is 0 Å². The molecule has 21 heavy (non-hydrogen) atoms. The summed E-state index contributed by atoms with van der Waals surface area (Å²) >= 11 is 3.38. The summed E-state index contributed by atoms with van der Waals surface area (Å²) < 4.78 is 2.95. The average Bonchev–Trinajstić information content (AvgIpc) is 2.75. The van der Waals surface area contributed by atoms with E-state index >= 15 is 0 Å². The minimum absolute atomic E-state index is 0.205. The third-order valence-corrected chi connectivity index (χ3v) is 3.92. The standard InChI is InChI=1S/C16H14BrN3O/c1-10-19-14-8-13(4-5-15(14)20(10)2)18-9-11-7-12(17)3-6-16(11)21/h3-9,21H,1-2H3. The molecular formula is C16H14BrN3O. The molecule has 0 fully saturated rings. The molecule has 0 bridgehead atoms. The minimum Gasteiger partial charge on any atom is -0.507 e. The van der Waals surface area contributed by atoms with Crippen LogP contribution in [0.25, 0.3) is 11.0 Å². The zero-order valence-corrected chi connectivity index (χ0v) is 13.3. The first-order valence-electron chi connectivity index (χ1n) is 6.50. The number of aromatic nitrogens is 2. The van der Waals surface area contributed by atoms with Crippen LogP contribution in [0.4, 0.5) is 5.69 Å². The molecule has 0 amide bonds. The first-order valence-corrected chi connectivity index (χ1v) is 7.29. The normalized spacial score (nSPS) is 11.6. The first kappa shape index (κ1) is 13.8. The van der Waals surface area contributed by atoms with Crippen molar-refractivity contribution in [2.75, 3.05) is 0 Å². The molecule has 0 saturated carbocycles. The highest BCUT2D eigenvalue weighted by molar-refractivity contribution is 9.10. The van der Waals surface area contributed by atoms with E-state index in [2.05, 4.69) is 25.9 Å². The van der Waals surface area contributed by atoms with Crippen molar-refractivity contribution in [2.24, 2.45) is 12.0 Å². The van der Waals surface area contributed by atoms with E-state index in [0.29, 0.717) is 5.56 Å². The third kappa shape index (κ3) is 2.69. The Morgan fingerprint density at radius 3 is 2.86 bits per heavy atom. The summed E-state index contributed by atoms with van der Waals surface area (Å²) in [6, 6.07) is 11.1. The lowest BCUT2D eigenvalue weighted by Crippen LogP contribution is -1.89. The largest absolute Gasteiger partial charge is 0.507 e. The summed E-state index contributed by atoms with van der Waals surface area (Å²) in [6.07, 6.45) is 1.65. The number of aryl methyl sites for hydroxylation is 2. The van der Waals surface area contributed by atoms with Crippen molar-refractivity contribution in [1.82, 2.24) is 9.55 Å². The lowest BCUT2D eigenvalue weighted by atomic mass is 10.2. The van der Waals surface area contributed by atoms with E-state index in [0.717, 1.165) is 27.0 Å². The van der Waals surface area contributed by atoms with Gasteiger partial charge in [0.1, 0.15) is 11.6 Å². The maximum Gasteiger partial charge on any atom is 0.124 e. The van der Waals surface area contributed by atoms with Crippen molar-refractivity contribution >= 4 is 38.9 Å². The van der Waals surface area contributed by atoms with Gasteiger partial charge >= 0.3 is 0 Å². The molecule has 0 spiro atoms. The zero-order chi connectivity index (χ0) is 15.0. The van der Waals surface area contributed by atoms with E-state index in [-0.39, 0.29) is 5.75 Å². The molecule has 1 N–H and O–H groups in total. The highest BCUT2D eigenvalue weighted by Gasteiger charge is 2.04. The number of imidazole rings is 1. The molecule has 1 aromatic heterocycles. The molecule has 0 saturated heterocycles. The van der Waals surface area contributed by atoms with Gasteiger partial charge in [0, 0.05) is 23.3 Å². The second-order valence-electron chi connectivity index (χ2n) is 4.85. The Labute approximate surface area is 130 Å². The summed E-state index contributed by atoms with van der Waals surface area (Å²) in [5, 5.41) is 9.80. The summed E-state index contributed by atoms with van der Waals surface area (Å²) in [4.78, 5) is 8.90. The van der Waals surface area contributed by atoms with Gasteiger partial charge in [0.15, 0.2) is 0 Å². The van der Waals surface area contributed by atoms with Gasteiger partial charge in [0.25, 0.3) is 0 Å². The molecule has 1 heterocycles. The van der Waals surface area contributed by atoms with E-state index in [9.17, 15) is 5.11 Å². The maximum absolute atomic E-state index is 9.80. The number of nitrogens with zero attached hydrogens (tertiary/aromatic N) is 3. The minimum atomic E-state index is 0.205. The summed E-state index contributed by atoms with van der Waals surface area (Å²) in [5.41, 5.74) is 3.47. The van der Waals surface area contributed by atoms with Crippen LogP contribution in [-0.2, 0) is 7.05 Å². The fourth-order valence-corrected chi connectivity index (χ4v) is 2.54. The molecule has 3 rings (SSSR count). The lowest BCUT2D eigenvalue weighted by molar-refractivity contribution is 0.474. The number of rotatable bonds is 2. The Morgan fingerprint density at radius 1 is 1.24 bits per heavy atom. The highest BCUT2D eigenvalue weighted by atomic mass is 79.9. The molecule has 0 aliphatic carbocycles. The van der Waals surface area contributed by atoms with E-state index < -0.39 is 0 Å². The molecule has 0 aliphatic heterocycles. The van der Waals surface area contributed by atoms with E-state index in [4.69, 9.17) is 0 Å². The maximum atomic E-state index is 9.80. The smallest absolute Gasteiger partial charge is 0.124 e. The van der Waals surface area contributed by atoms with Crippen molar-refractivity contribution in [3.8, 4) is 5.75 Å². The first-order chi connectivity index (χ1) is 10.0. The van der Waals surface area contributed by atoms with Crippen LogP contribution in [0, 0.1) is 6.92 Å². The van der Waals surface area contributed by atoms with Crippen molar-refractivity contribution in [2.45, 2.75) is 6.92 Å².